The van der Waals surface area contributed by atoms with Crippen LogP contribution in [-0.4, -0.2) is 55.3 Å². The molecule has 242 valence electrons. The number of hydrogen-bond donors (Lipinski definition) is 1. The van der Waals surface area contributed by atoms with Crippen LogP contribution in [0.15, 0.2) is 65.6 Å². The highest BCUT2D eigenvalue weighted by molar-refractivity contribution is 7.92. The third-order valence-electron chi connectivity index (χ3n) is 7.14. The number of rotatable bonds is 12. The molecule has 0 saturated carbocycles. The molecule has 3 rings (SSSR count). The van der Waals surface area contributed by atoms with Crippen molar-refractivity contribution in [3.63, 3.8) is 0 Å². The van der Waals surface area contributed by atoms with Crippen molar-refractivity contribution in [3.05, 3.63) is 92.5 Å². The van der Waals surface area contributed by atoms with Crippen LogP contribution in [0.5, 0.6) is 5.75 Å². The van der Waals surface area contributed by atoms with Crippen molar-refractivity contribution in [1.29, 1.82) is 0 Å². The highest BCUT2D eigenvalue weighted by Crippen LogP contribution is 2.36. The lowest BCUT2D eigenvalue weighted by molar-refractivity contribution is -0.385. The lowest BCUT2D eigenvalue weighted by Crippen LogP contribution is -2.55. The van der Waals surface area contributed by atoms with Gasteiger partial charge in [-0.15, -0.1) is 0 Å². The predicted molar refractivity (Wildman–Crippen MR) is 174 cm³/mol. The molecule has 0 aromatic heterocycles. The molecule has 0 bridgehead atoms. The number of methoxy groups -OCH3 is 1. The normalized spacial score (nSPS) is 12.3. The molecule has 2 amide bonds. The monoisotopic (exact) mass is 658 g/mol. The van der Waals surface area contributed by atoms with E-state index in [1.54, 1.807) is 6.92 Å². The topological polar surface area (TPSA) is 139 Å². The molecular formula is C32H39ClN4O7S. The van der Waals surface area contributed by atoms with Crippen molar-refractivity contribution in [3.8, 4) is 5.75 Å². The van der Waals surface area contributed by atoms with Gasteiger partial charge in [-0.05, 0) is 76.4 Å². The lowest BCUT2D eigenvalue weighted by atomic mass is 10.0. The first-order chi connectivity index (χ1) is 21.0. The minimum atomic E-state index is -4.63. The quantitative estimate of drug-likeness (QED) is 0.192. The van der Waals surface area contributed by atoms with Gasteiger partial charge in [0.05, 0.1) is 22.6 Å². The molecule has 11 nitrogen and oxygen atoms in total. The maximum Gasteiger partial charge on any atom is 0.273 e. The number of nitrogens with one attached hydrogen (secondary N) is 1. The van der Waals surface area contributed by atoms with Gasteiger partial charge in [-0.25, -0.2) is 8.42 Å². The van der Waals surface area contributed by atoms with E-state index < -0.39 is 55.5 Å². The lowest BCUT2D eigenvalue weighted by Gasteiger charge is -2.35. The largest absolute Gasteiger partial charge is 0.495 e. The Kier molecular flexibility index (Phi) is 11.2. The molecule has 0 aliphatic heterocycles. The van der Waals surface area contributed by atoms with Crippen LogP contribution in [0, 0.1) is 24.0 Å². The molecule has 0 fully saturated rings. The highest BCUT2D eigenvalue weighted by atomic mass is 35.5. The Labute approximate surface area is 269 Å². The van der Waals surface area contributed by atoms with E-state index in [9.17, 15) is 28.1 Å². The van der Waals surface area contributed by atoms with Crippen molar-refractivity contribution in [2.45, 2.75) is 71.0 Å². The second kappa shape index (κ2) is 14.3. The van der Waals surface area contributed by atoms with Crippen LogP contribution < -0.4 is 14.4 Å². The molecule has 3 aromatic rings. The Bertz CT molecular complexity index is 1690. The minimum Gasteiger partial charge on any atom is -0.495 e. The summed E-state index contributed by atoms with van der Waals surface area (Å²) in [4.78, 5) is 39.9. The van der Waals surface area contributed by atoms with Crippen molar-refractivity contribution in [2.24, 2.45) is 0 Å². The number of nitro groups is 1. The first-order valence-electron chi connectivity index (χ1n) is 14.3. The highest BCUT2D eigenvalue weighted by Gasteiger charge is 2.36. The molecule has 0 spiro atoms. The van der Waals surface area contributed by atoms with Crippen LogP contribution in [0.4, 0.5) is 11.4 Å². The van der Waals surface area contributed by atoms with Crippen LogP contribution in [0.2, 0.25) is 5.02 Å². The SMILES string of the molecule is CC[C@H](C(=O)NC(C)(C)C)N(Cc1ccccc1C)C(=O)CN(c1cc(Cl)ccc1OC)S(=O)(=O)c1ccc(C)c([N+](=O)[O-])c1. The fourth-order valence-electron chi connectivity index (χ4n) is 4.79. The number of benzene rings is 3. The van der Waals surface area contributed by atoms with Gasteiger partial charge in [-0.3, -0.25) is 24.0 Å². The number of carbonyl (C=O) groups excluding carboxylic acids is 2. The number of hydrogen-bond acceptors (Lipinski definition) is 7. The van der Waals surface area contributed by atoms with Gasteiger partial charge in [0.2, 0.25) is 11.8 Å². The summed E-state index contributed by atoms with van der Waals surface area (Å²) in [5.41, 5.74) is 0.884. The standard InChI is InChI=1S/C32H39ClN4O7S/c1-8-26(31(39)34-32(4,5)6)35(19-23-12-10-9-11-21(23)2)30(38)20-36(28-17-24(33)14-16-29(28)44-7)45(42,43)25-15-13-22(3)27(18-25)37(40)41/h9-18,26H,8,19-20H2,1-7H3,(H,34,39)/t26-/m1/s1. The summed E-state index contributed by atoms with van der Waals surface area (Å²) in [5, 5.41) is 14.8. The van der Waals surface area contributed by atoms with Gasteiger partial charge < -0.3 is 15.0 Å². The van der Waals surface area contributed by atoms with Crippen LogP contribution >= 0.6 is 11.6 Å². The van der Waals surface area contributed by atoms with E-state index in [1.165, 1.54) is 49.3 Å². The Balaban J connectivity index is 2.21. The number of nitro benzene ring substituents is 1. The Morgan fingerprint density at radius 2 is 1.71 bits per heavy atom. The van der Waals surface area contributed by atoms with Crippen molar-refractivity contribution >= 4 is 44.8 Å². The summed E-state index contributed by atoms with van der Waals surface area (Å²) in [6.45, 7) is 9.89. The summed E-state index contributed by atoms with van der Waals surface area (Å²) in [7, 11) is -3.29. The fraction of sp³-hybridized carbons (Fsp3) is 0.375. The molecule has 0 aliphatic carbocycles. The Morgan fingerprint density at radius 1 is 1.04 bits per heavy atom. The molecule has 0 saturated heterocycles. The number of aryl methyl sites for hydroxylation is 2. The molecular weight excluding hydrogens is 620 g/mol. The summed E-state index contributed by atoms with van der Waals surface area (Å²) >= 11 is 6.29. The number of sulfonamides is 1. The van der Waals surface area contributed by atoms with Gasteiger partial charge in [-0.1, -0.05) is 48.9 Å². The molecule has 1 N–H and O–H groups in total. The third-order valence-corrected chi connectivity index (χ3v) is 9.13. The van der Waals surface area contributed by atoms with Gasteiger partial charge in [0, 0.05) is 28.7 Å². The molecule has 1 atom stereocenters. The number of amides is 2. The molecule has 45 heavy (non-hydrogen) atoms. The van der Waals surface area contributed by atoms with Gasteiger partial charge in [0.1, 0.15) is 18.3 Å². The van der Waals surface area contributed by atoms with Crippen LogP contribution in [0.3, 0.4) is 0 Å². The number of nitrogens with zero attached hydrogens (tertiary/aromatic N) is 3. The second-order valence-electron chi connectivity index (χ2n) is 11.6. The summed E-state index contributed by atoms with van der Waals surface area (Å²) in [6.07, 6.45) is 0.247. The van der Waals surface area contributed by atoms with Crippen molar-refractivity contribution in [2.75, 3.05) is 18.0 Å². The van der Waals surface area contributed by atoms with E-state index in [1.807, 2.05) is 52.0 Å². The van der Waals surface area contributed by atoms with Crippen molar-refractivity contribution < 1.29 is 27.7 Å². The first kappa shape index (κ1) is 35.3. The summed E-state index contributed by atoms with van der Waals surface area (Å²) < 4.78 is 34.8. The number of halogens is 1. The smallest absolute Gasteiger partial charge is 0.273 e. The average molecular weight is 659 g/mol. The molecule has 0 heterocycles. The molecule has 0 unspecified atom stereocenters. The molecule has 3 aromatic carbocycles. The van der Waals surface area contributed by atoms with Gasteiger partial charge in [0.25, 0.3) is 15.7 Å². The van der Waals surface area contributed by atoms with E-state index >= 15 is 0 Å². The average Bonchev–Trinajstić information content (AvgIpc) is 2.95. The third kappa shape index (κ3) is 8.52. The van der Waals surface area contributed by atoms with E-state index in [-0.39, 0.29) is 35.0 Å². The van der Waals surface area contributed by atoms with E-state index in [0.29, 0.717) is 0 Å². The zero-order chi connectivity index (χ0) is 33.7. The molecule has 13 heteroatoms. The summed E-state index contributed by atoms with van der Waals surface area (Å²) in [5.74, 6) is -0.974. The van der Waals surface area contributed by atoms with Crippen LogP contribution in [-0.2, 0) is 26.2 Å². The Morgan fingerprint density at radius 3 is 2.29 bits per heavy atom. The fourth-order valence-corrected chi connectivity index (χ4v) is 6.39. The first-order valence-corrected chi connectivity index (χ1v) is 16.1. The van der Waals surface area contributed by atoms with Crippen molar-refractivity contribution in [1.82, 2.24) is 10.2 Å². The Hall–Kier alpha value is -4.16. The maximum atomic E-state index is 14.4. The molecule has 0 aliphatic rings. The predicted octanol–water partition coefficient (Wildman–Crippen LogP) is 5.79. The summed E-state index contributed by atoms with van der Waals surface area (Å²) in [6, 6.07) is 14.3. The number of ether oxygens (including phenoxy) is 1. The van der Waals surface area contributed by atoms with Gasteiger partial charge in [-0.2, -0.15) is 0 Å². The van der Waals surface area contributed by atoms with Crippen LogP contribution in [0.1, 0.15) is 50.8 Å². The van der Waals surface area contributed by atoms with E-state index in [2.05, 4.69) is 5.32 Å². The minimum absolute atomic E-state index is 0.0259. The van der Waals surface area contributed by atoms with Gasteiger partial charge >= 0.3 is 0 Å². The molecule has 0 radical (unpaired) electrons. The zero-order valence-corrected chi connectivity index (χ0v) is 28.0. The van der Waals surface area contributed by atoms with E-state index in [4.69, 9.17) is 16.3 Å². The van der Waals surface area contributed by atoms with Crippen LogP contribution in [0.25, 0.3) is 0 Å². The maximum absolute atomic E-state index is 14.4. The number of anilines is 1. The number of carbonyl (C=O) groups is 2. The van der Waals surface area contributed by atoms with E-state index in [0.717, 1.165) is 21.5 Å². The zero-order valence-electron chi connectivity index (χ0n) is 26.5. The second-order valence-corrected chi connectivity index (χ2v) is 13.9. The van der Waals surface area contributed by atoms with Gasteiger partial charge in [0.15, 0.2) is 0 Å².